The summed E-state index contributed by atoms with van der Waals surface area (Å²) in [6.07, 6.45) is 0.823. The number of benzene rings is 2. The summed E-state index contributed by atoms with van der Waals surface area (Å²) in [7, 11) is 0. The minimum Gasteiger partial charge on any atom is -0.493 e. The molecule has 4 heteroatoms. The second kappa shape index (κ2) is 5.64. The van der Waals surface area contributed by atoms with Crippen molar-refractivity contribution in [2.45, 2.75) is 38.9 Å². The maximum absolute atomic E-state index is 13.1. The Balaban J connectivity index is 1.76. The molecule has 2 aromatic rings. The molecular formula is C20H22N2O2. The van der Waals surface area contributed by atoms with Gasteiger partial charge in [0.05, 0.1) is 12.6 Å². The van der Waals surface area contributed by atoms with E-state index >= 15 is 0 Å². The number of hydrogen-bond donors (Lipinski definition) is 1. The largest absolute Gasteiger partial charge is 0.493 e. The lowest BCUT2D eigenvalue weighted by molar-refractivity contribution is 0.0648. The number of rotatable bonds is 2. The Hall–Kier alpha value is -2.33. The standard InChI is InChI=1S/C20H22N2O2/c1-12-9-15(13(2)21)17-11-22(20(23)16(17)10-12)18-7-8-24-19-6-4-3-5-14(18)19/h3-6,9-10,13,18H,7-8,11,21H2,1-2H3. The number of carbonyl (C=O) groups is 1. The van der Waals surface area contributed by atoms with E-state index in [9.17, 15) is 4.79 Å². The first-order valence-electron chi connectivity index (χ1n) is 8.48. The fraction of sp³-hybridized carbons (Fsp3) is 0.350. The smallest absolute Gasteiger partial charge is 0.255 e. The minimum absolute atomic E-state index is 0.0658. The van der Waals surface area contributed by atoms with Crippen molar-refractivity contribution in [1.82, 2.24) is 4.90 Å². The second-order valence-electron chi connectivity index (χ2n) is 6.79. The molecule has 0 saturated heterocycles. The SMILES string of the molecule is Cc1cc2c(c(C(C)N)c1)CN(C1CCOc3ccccc31)C2=O. The van der Waals surface area contributed by atoms with Gasteiger partial charge in [0.25, 0.3) is 5.91 Å². The number of nitrogens with zero attached hydrogens (tertiary/aromatic N) is 1. The molecule has 2 aliphatic heterocycles. The van der Waals surface area contributed by atoms with E-state index in [1.54, 1.807) is 0 Å². The molecule has 0 spiro atoms. The van der Waals surface area contributed by atoms with Crippen molar-refractivity contribution in [3.05, 3.63) is 64.2 Å². The second-order valence-corrected chi connectivity index (χ2v) is 6.79. The molecule has 1 amide bonds. The van der Waals surface area contributed by atoms with Gasteiger partial charge < -0.3 is 15.4 Å². The van der Waals surface area contributed by atoms with Gasteiger partial charge in [-0.05, 0) is 42.7 Å². The first-order valence-corrected chi connectivity index (χ1v) is 8.48. The van der Waals surface area contributed by atoms with E-state index in [0.29, 0.717) is 13.2 Å². The molecule has 24 heavy (non-hydrogen) atoms. The Bertz CT molecular complexity index is 813. The van der Waals surface area contributed by atoms with E-state index in [1.165, 1.54) is 0 Å². The van der Waals surface area contributed by atoms with Crippen LogP contribution in [0.1, 0.15) is 58.0 Å². The van der Waals surface area contributed by atoms with Crippen molar-refractivity contribution in [3.63, 3.8) is 0 Å². The molecule has 2 aromatic carbocycles. The third-order valence-corrected chi connectivity index (χ3v) is 5.04. The van der Waals surface area contributed by atoms with Crippen LogP contribution in [0, 0.1) is 6.92 Å². The maximum atomic E-state index is 13.1. The summed E-state index contributed by atoms with van der Waals surface area (Å²) in [5, 5.41) is 0. The average Bonchev–Trinajstić information content (AvgIpc) is 2.90. The van der Waals surface area contributed by atoms with Gasteiger partial charge in [-0.25, -0.2) is 0 Å². The summed E-state index contributed by atoms with van der Waals surface area (Å²) in [4.78, 5) is 15.1. The van der Waals surface area contributed by atoms with Gasteiger partial charge in [0.1, 0.15) is 5.75 Å². The summed E-state index contributed by atoms with van der Waals surface area (Å²) in [5.74, 6) is 0.999. The van der Waals surface area contributed by atoms with Gasteiger partial charge in [-0.15, -0.1) is 0 Å². The normalized spacial score (nSPS) is 20.4. The molecule has 2 atom stereocenters. The zero-order valence-electron chi connectivity index (χ0n) is 14.1. The van der Waals surface area contributed by atoms with Crippen LogP contribution >= 0.6 is 0 Å². The van der Waals surface area contributed by atoms with Crippen LogP contribution in [-0.4, -0.2) is 17.4 Å². The van der Waals surface area contributed by atoms with Gasteiger partial charge in [-0.2, -0.15) is 0 Å². The summed E-state index contributed by atoms with van der Waals surface area (Å²) in [5.41, 5.74) is 11.3. The quantitative estimate of drug-likeness (QED) is 0.921. The predicted molar refractivity (Wildman–Crippen MR) is 92.9 cm³/mol. The fourth-order valence-corrected chi connectivity index (χ4v) is 3.91. The van der Waals surface area contributed by atoms with Crippen LogP contribution in [0.4, 0.5) is 0 Å². The molecule has 2 heterocycles. The van der Waals surface area contributed by atoms with E-state index in [-0.39, 0.29) is 18.0 Å². The van der Waals surface area contributed by atoms with E-state index in [2.05, 4.69) is 12.1 Å². The van der Waals surface area contributed by atoms with Crippen molar-refractivity contribution in [2.75, 3.05) is 6.61 Å². The highest BCUT2D eigenvalue weighted by Gasteiger charge is 2.37. The molecule has 0 aromatic heterocycles. The fourth-order valence-electron chi connectivity index (χ4n) is 3.91. The lowest BCUT2D eigenvalue weighted by atomic mass is 9.96. The predicted octanol–water partition coefficient (Wildman–Crippen LogP) is 3.49. The number of aryl methyl sites for hydroxylation is 1. The highest BCUT2D eigenvalue weighted by Crippen LogP contribution is 2.41. The Morgan fingerprint density at radius 1 is 1.29 bits per heavy atom. The molecule has 0 saturated carbocycles. The van der Waals surface area contributed by atoms with E-state index in [1.807, 2.05) is 43.0 Å². The molecule has 2 unspecified atom stereocenters. The van der Waals surface area contributed by atoms with Crippen molar-refractivity contribution >= 4 is 5.91 Å². The van der Waals surface area contributed by atoms with E-state index < -0.39 is 0 Å². The van der Waals surface area contributed by atoms with Crippen molar-refractivity contribution in [1.29, 1.82) is 0 Å². The average molecular weight is 322 g/mol. The number of para-hydroxylation sites is 1. The summed E-state index contributed by atoms with van der Waals surface area (Å²) in [6, 6.07) is 12.1. The number of carbonyl (C=O) groups excluding carboxylic acids is 1. The molecule has 4 rings (SSSR count). The Kier molecular flexibility index (Phi) is 3.57. The molecule has 4 nitrogen and oxygen atoms in total. The highest BCUT2D eigenvalue weighted by molar-refractivity contribution is 5.99. The molecule has 0 fully saturated rings. The number of amides is 1. The monoisotopic (exact) mass is 322 g/mol. The van der Waals surface area contributed by atoms with Gasteiger partial charge >= 0.3 is 0 Å². The zero-order valence-corrected chi connectivity index (χ0v) is 14.1. The van der Waals surface area contributed by atoms with Crippen LogP contribution in [0.25, 0.3) is 0 Å². The molecular weight excluding hydrogens is 300 g/mol. The third kappa shape index (κ3) is 2.29. The number of fused-ring (bicyclic) bond motifs is 2. The van der Waals surface area contributed by atoms with Crippen LogP contribution in [0.15, 0.2) is 36.4 Å². The van der Waals surface area contributed by atoms with Crippen LogP contribution in [0.2, 0.25) is 0 Å². The van der Waals surface area contributed by atoms with Crippen LogP contribution in [0.3, 0.4) is 0 Å². The molecule has 2 N–H and O–H groups in total. The van der Waals surface area contributed by atoms with Gasteiger partial charge in [-0.1, -0.05) is 24.3 Å². The Labute approximate surface area is 142 Å². The van der Waals surface area contributed by atoms with Crippen LogP contribution in [0.5, 0.6) is 5.75 Å². The number of nitrogens with two attached hydrogens (primary N) is 1. The molecule has 2 aliphatic rings. The molecule has 124 valence electrons. The summed E-state index contributed by atoms with van der Waals surface area (Å²) >= 11 is 0. The topological polar surface area (TPSA) is 55.6 Å². The van der Waals surface area contributed by atoms with Crippen molar-refractivity contribution < 1.29 is 9.53 Å². The van der Waals surface area contributed by atoms with Gasteiger partial charge in [-0.3, -0.25) is 4.79 Å². The van der Waals surface area contributed by atoms with Gasteiger partial charge in [0.15, 0.2) is 0 Å². The zero-order chi connectivity index (χ0) is 16.8. The third-order valence-electron chi connectivity index (χ3n) is 5.04. The minimum atomic E-state index is -0.0756. The summed E-state index contributed by atoms with van der Waals surface area (Å²) in [6.45, 7) is 5.27. The van der Waals surface area contributed by atoms with Crippen LogP contribution in [-0.2, 0) is 6.54 Å². The molecule has 0 bridgehead atoms. The first kappa shape index (κ1) is 15.2. The summed E-state index contributed by atoms with van der Waals surface area (Å²) < 4.78 is 5.75. The Morgan fingerprint density at radius 2 is 2.08 bits per heavy atom. The van der Waals surface area contributed by atoms with Crippen molar-refractivity contribution in [3.8, 4) is 5.75 Å². The number of hydrogen-bond acceptors (Lipinski definition) is 3. The molecule has 0 aliphatic carbocycles. The number of ether oxygens (including phenoxy) is 1. The highest BCUT2D eigenvalue weighted by atomic mass is 16.5. The lowest BCUT2D eigenvalue weighted by Gasteiger charge is -2.33. The van der Waals surface area contributed by atoms with E-state index in [4.69, 9.17) is 10.5 Å². The lowest BCUT2D eigenvalue weighted by Crippen LogP contribution is -2.32. The van der Waals surface area contributed by atoms with Crippen LogP contribution < -0.4 is 10.5 Å². The maximum Gasteiger partial charge on any atom is 0.255 e. The Morgan fingerprint density at radius 3 is 2.88 bits per heavy atom. The molecule has 0 radical (unpaired) electrons. The first-order chi connectivity index (χ1) is 11.6. The van der Waals surface area contributed by atoms with E-state index in [0.717, 1.165) is 40.0 Å². The van der Waals surface area contributed by atoms with Crippen molar-refractivity contribution in [2.24, 2.45) is 5.73 Å². The van der Waals surface area contributed by atoms with Gasteiger partial charge in [0.2, 0.25) is 0 Å². The van der Waals surface area contributed by atoms with Gasteiger partial charge in [0, 0.05) is 30.1 Å².